The monoisotopic (exact) mass is 243 g/mol. The van der Waals surface area contributed by atoms with Crippen LogP contribution < -0.4 is 0 Å². The number of rotatable bonds is 0. The van der Waals surface area contributed by atoms with Gasteiger partial charge >= 0.3 is 6.03 Å². The van der Waals surface area contributed by atoms with Crippen LogP contribution in [0.25, 0.3) is 10.9 Å². The first-order valence-corrected chi connectivity index (χ1v) is 6.08. The molecule has 0 aliphatic carbocycles. The number of piperazine rings is 1. The van der Waals surface area contributed by atoms with Gasteiger partial charge in [-0.25, -0.2) is 4.79 Å². The quantitative estimate of drug-likeness (QED) is 0.694. The maximum Gasteiger partial charge on any atom is 0.344 e. The topological polar surface area (TPSA) is 41.4 Å². The van der Waals surface area contributed by atoms with Crippen LogP contribution in [0, 0.1) is 6.07 Å². The molecule has 2 aromatic rings. The molecule has 1 aliphatic rings. The molecule has 0 atom stereocenters. The number of amides is 1. The number of carbonyl (C=O) groups excluding carboxylic acids is 1. The van der Waals surface area contributed by atoms with Gasteiger partial charge < -0.3 is 9.80 Å². The highest BCUT2D eigenvalue weighted by Crippen LogP contribution is 2.11. The number of carbonyl (C=O) groups is 1. The molecule has 1 amide bonds. The molecule has 0 bridgehead atoms. The number of hydrogen-bond acceptors (Lipinski definition) is 3. The highest BCUT2D eigenvalue weighted by molar-refractivity contribution is 5.84. The molecular weight excluding hydrogens is 228 g/mol. The van der Waals surface area contributed by atoms with Gasteiger partial charge in [0.1, 0.15) is 0 Å². The standard InChI is InChI=1S/C13H15N4O/c1-15-6-8-16(9-7-15)13(18)17-10-11-4-2-3-5-12(11)14-17/h2-3,5,10H,6-9H2,1H3. The number of hydrogen-bond donors (Lipinski definition) is 0. The predicted molar refractivity (Wildman–Crippen MR) is 68.4 cm³/mol. The van der Waals surface area contributed by atoms with Crippen molar-refractivity contribution < 1.29 is 4.79 Å². The second kappa shape index (κ2) is 4.42. The van der Waals surface area contributed by atoms with Crippen molar-refractivity contribution in [2.24, 2.45) is 0 Å². The van der Waals surface area contributed by atoms with Crippen molar-refractivity contribution in [2.45, 2.75) is 0 Å². The van der Waals surface area contributed by atoms with Crippen LogP contribution in [0.1, 0.15) is 0 Å². The highest BCUT2D eigenvalue weighted by Gasteiger charge is 2.21. The molecule has 0 saturated carbocycles. The van der Waals surface area contributed by atoms with Crippen molar-refractivity contribution in [1.82, 2.24) is 19.6 Å². The third-order valence-electron chi connectivity index (χ3n) is 3.30. The van der Waals surface area contributed by atoms with Crippen molar-refractivity contribution in [3.05, 3.63) is 30.5 Å². The van der Waals surface area contributed by atoms with Gasteiger partial charge in [-0.05, 0) is 19.2 Å². The molecule has 0 N–H and O–H groups in total. The summed E-state index contributed by atoms with van der Waals surface area (Å²) in [5.41, 5.74) is 0.806. The van der Waals surface area contributed by atoms with E-state index >= 15 is 0 Å². The summed E-state index contributed by atoms with van der Waals surface area (Å²) in [5, 5.41) is 5.16. The Morgan fingerprint density at radius 1 is 1.33 bits per heavy atom. The zero-order chi connectivity index (χ0) is 12.5. The number of aromatic nitrogens is 2. The van der Waals surface area contributed by atoms with Crippen LogP contribution >= 0.6 is 0 Å². The zero-order valence-corrected chi connectivity index (χ0v) is 10.3. The summed E-state index contributed by atoms with van der Waals surface area (Å²) < 4.78 is 1.42. The lowest BCUT2D eigenvalue weighted by molar-refractivity contribution is 0.153. The second-order valence-corrected chi connectivity index (χ2v) is 4.62. The van der Waals surface area contributed by atoms with Gasteiger partial charge in [-0.2, -0.15) is 9.78 Å². The predicted octanol–water partition coefficient (Wildman–Crippen LogP) is 1.05. The van der Waals surface area contributed by atoms with E-state index in [0.717, 1.165) is 37.1 Å². The Morgan fingerprint density at radius 2 is 2.11 bits per heavy atom. The van der Waals surface area contributed by atoms with Gasteiger partial charge in [0, 0.05) is 37.8 Å². The first-order chi connectivity index (χ1) is 8.74. The summed E-state index contributed by atoms with van der Waals surface area (Å²) in [6.07, 6.45) is 1.75. The molecule has 3 rings (SSSR count). The molecule has 18 heavy (non-hydrogen) atoms. The van der Waals surface area contributed by atoms with Crippen molar-refractivity contribution >= 4 is 16.9 Å². The molecule has 5 nitrogen and oxygen atoms in total. The van der Waals surface area contributed by atoms with E-state index < -0.39 is 0 Å². The van der Waals surface area contributed by atoms with Crippen LogP contribution in [-0.4, -0.2) is 58.8 Å². The molecule has 5 heteroatoms. The highest BCUT2D eigenvalue weighted by atomic mass is 16.2. The first-order valence-electron chi connectivity index (χ1n) is 6.08. The molecule has 1 aromatic carbocycles. The van der Waals surface area contributed by atoms with Crippen molar-refractivity contribution in [2.75, 3.05) is 33.2 Å². The number of fused-ring (bicyclic) bond motifs is 1. The van der Waals surface area contributed by atoms with E-state index in [1.54, 1.807) is 6.20 Å². The van der Waals surface area contributed by atoms with Crippen LogP contribution in [0.3, 0.4) is 0 Å². The summed E-state index contributed by atoms with van der Waals surface area (Å²) >= 11 is 0. The Balaban J connectivity index is 1.83. The lowest BCUT2D eigenvalue weighted by Gasteiger charge is -2.31. The molecule has 1 aliphatic heterocycles. The smallest absolute Gasteiger partial charge is 0.320 e. The maximum absolute atomic E-state index is 12.3. The largest absolute Gasteiger partial charge is 0.344 e. The fraction of sp³-hybridized carbons (Fsp3) is 0.385. The average molecular weight is 243 g/mol. The molecule has 2 heterocycles. The van der Waals surface area contributed by atoms with Gasteiger partial charge in [0.05, 0.1) is 5.52 Å². The van der Waals surface area contributed by atoms with Crippen LogP contribution in [0.5, 0.6) is 0 Å². The van der Waals surface area contributed by atoms with E-state index in [4.69, 9.17) is 0 Å². The van der Waals surface area contributed by atoms with Gasteiger partial charge in [0.25, 0.3) is 0 Å². The third-order valence-corrected chi connectivity index (χ3v) is 3.30. The molecule has 1 radical (unpaired) electrons. The van der Waals surface area contributed by atoms with Crippen LogP contribution in [0.2, 0.25) is 0 Å². The Hall–Kier alpha value is -1.88. The summed E-state index contributed by atoms with van der Waals surface area (Å²) in [7, 11) is 2.07. The molecule has 0 unspecified atom stereocenters. The van der Waals surface area contributed by atoms with Crippen molar-refractivity contribution in [3.63, 3.8) is 0 Å². The minimum atomic E-state index is -0.0484. The van der Waals surface area contributed by atoms with E-state index in [1.165, 1.54) is 4.68 Å². The van der Waals surface area contributed by atoms with Gasteiger partial charge in [-0.15, -0.1) is 0 Å². The second-order valence-electron chi connectivity index (χ2n) is 4.62. The molecule has 93 valence electrons. The SMILES string of the molecule is CN1CCN(C(=O)n2cc3[c]cccc3n2)CC1. The average Bonchev–Trinajstić information content (AvgIpc) is 2.82. The van der Waals surface area contributed by atoms with Crippen LogP contribution in [0.4, 0.5) is 4.79 Å². The molecule has 1 aromatic heterocycles. The van der Waals surface area contributed by atoms with Gasteiger partial charge in [-0.1, -0.05) is 12.1 Å². The minimum Gasteiger partial charge on any atom is -0.320 e. The van der Waals surface area contributed by atoms with Gasteiger partial charge in [-0.3, -0.25) is 0 Å². The Kier molecular flexibility index (Phi) is 2.76. The number of benzene rings is 1. The lowest BCUT2D eigenvalue weighted by Crippen LogP contribution is -2.48. The van der Waals surface area contributed by atoms with Gasteiger partial charge in [0.15, 0.2) is 0 Å². The third kappa shape index (κ3) is 1.97. The Bertz CT molecular complexity index is 536. The molecule has 1 fully saturated rings. The van der Waals surface area contributed by atoms with E-state index in [9.17, 15) is 4.79 Å². The molecular formula is C13H15N4O. The summed E-state index contributed by atoms with van der Waals surface area (Å²) in [4.78, 5) is 16.3. The Morgan fingerprint density at radius 3 is 2.83 bits per heavy atom. The van der Waals surface area contributed by atoms with Crippen molar-refractivity contribution in [1.29, 1.82) is 0 Å². The fourth-order valence-corrected chi connectivity index (χ4v) is 2.14. The normalized spacial score (nSPS) is 17.3. The summed E-state index contributed by atoms with van der Waals surface area (Å²) in [6.45, 7) is 3.35. The maximum atomic E-state index is 12.3. The van der Waals surface area contributed by atoms with E-state index in [1.807, 2.05) is 23.1 Å². The summed E-state index contributed by atoms with van der Waals surface area (Å²) in [5.74, 6) is 0. The van der Waals surface area contributed by atoms with Gasteiger partial charge in [0.2, 0.25) is 0 Å². The van der Waals surface area contributed by atoms with Crippen molar-refractivity contribution in [3.8, 4) is 0 Å². The number of likely N-dealkylation sites (N-methyl/N-ethyl adjacent to an activating group) is 1. The summed E-state index contributed by atoms with van der Waals surface area (Å²) in [6, 6.07) is 8.62. The first kappa shape index (κ1) is 11.2. The van der Waals surface area contributed by atoms with E-state index in [-0.39, 0.29) is 6.03 Å². The Labute approximate surface area is 106 Å². The lowest BCUT2D eigenvalue weighted by atomic mass is 10.3. The zero-order valence-electron chi connectivity index (χ0n) is 10.3. The molecule has 1 saturated heterocycles. The number of nitrogens with zero attached hydrogens (tertiary/aromatic N) is 4. The van der Waals surface area contributed by atoms with E-state index in [0.29, 0.717) is 0 Å². The van der Waals surface area contributed by atoms with Crippen LogP contribution in [-0.2, 0) is 0 Å². The minimum absolute atomic E-state index is 0.0484. The van der Waals surface area contributed by atoms with E-state index in [2.05, 4.69) is 23.1 Å². The molecule has 0 spiro atoms. The fourth-order valence-electron chi connectivity index (χ4n) is 2.14. The van der Waals surface area contributed by atoms with Crippen LogP contribution in [0.15, 0.2) is 24.4 Å².